The monoisotopic (exact) mass is 466 g/mol. The van der Waals surface area contributed by atoms with Crippen molar-refractivity contribution in [1.82, 2.24) is 10.2 Å². The van der Waals surface area contributed by atoms with E-state index >= 15 is 0 Å². The molecule has 8 heteroatoms. The first-order valence-electron chi connectivity index (χ1n) is 11.8. The first-order chi connectivity index (χ1) is 15.0. The molecule has 2 aliphatic heterocycles. The molecule has 1 saturated heterocycles. The summed E-state index contributed by atoms with van der Waals surface area (Å²) in [4.78, 5) is 28.0. The second-order valence-electron chi connectivity index (χ2n) is 10.4. The van der Waals surface area contributed by atoms with Crippen LogP contribution < -0.4 is 5.32 Å². The number of hydrogen-bond donors (Lipinski definition) is 2. The van der Waals surface area contributed by atoms with Gasteiger partial charge in [0.2, 0.25) is 0 Å². The minimum Gasteiger partial charge on any atom is -0.458 e. The van der Waals surface area contributed by atoms with Gasteiger partial charge in [-0.3, -0.25) is 0 Å². The van der Waals surface area contributed by atoms with E-state index in [9.17, 15) is 14.7 Å². The molecule has 0 radical (unpaired) electrons. The number of esters is 1. The molecule has 2 aliphatic rings. The zero-order valence-corrected chi connectivity index (χ0v) is 21.7. The van der Waals surface area contributed by atoms with Gasteiger partial charge in [-0.15, -0.1) is 0 Å². The Morgan fingerprint density at radius 3 is 2.62 bits per heavy atom. The van der Waals surface area contributed by atoms with Crippen LogP contribution in [-0.2, 0) is 14.0 Å². The number of carbonyl (C=O) groups is 2. The quantitative estimate of drug-likeness (QED) is 0.269. The first-order valence-corrected chi connectivity index (χ1v) is 14.8. The molecule has 32 heavy (non-hydrogen) atoms. The van der Waals surface area contributed by atoms with Gasteiger partial charge in [-0.2, -0.15) is 0 Å². The second kappa shape index (κ2) is 11.0. The fraction of sp³-hybridized carbons (Fsp3) is 0.750. The molecule has 0 aliphatic carbocycles. The number of aliphatic hydroxyl groups is 1. The smallest absolute Gasteiger partial charge is 0.338 e. The molecule has 2 N–H and O–H groups in total. The van der Waals surface area contributed by atoms with Gasteiger partial charge in [0.15, 0.2) is 8.32 Å². The number of ether oxygens (including phenoxy) is 1. The third-order valence-corrected chi connectivity index (χ3v) is 11.6. The first kappa shape index (κ1) is 26.6. The highest BCUT2D eigenvalue weighted by Crippen LogP contribution is 2.40. The summed E-state index contributed by atoms with van der Waals surface area (Å²) in [5.41, 5.74) is 1.18. The Morgan fingerprint density at radius 1 is 1.38 bits per heavy atom. The molecule has 0 aromatic carbocycles. The molecule has 1 fully saturated rings. The van der Waals surface area contributed by atoms with Crippen LogP contribution in [0.4, 0.5) is 4.79 Å². The highest BCUT2D eigenvalue weighted by Gasteiger charge is 2.47. The van der Waals surface area contributed by atoms with E-state index in [1.807, 2.05) is 0 Å². The topological polar surface area (TPSA) is 88.1 Å². The van der Waals surface area contributed by atoms with Gasteiger partial charge < -0.3 is 24.5 Å². The van der Waals surface area contributed by atoms with Crippen LogP contribution in [0, 0.1) is 5.92 Å². The van der Waals surface area contributed by atoms with Crippen molar-refractivity contribution >= 4 is 20.3 Å². The molecule has 2 heterocycles. The van der Waals surface area contributed by atoms with Gasteiger partial charge in [0.25, 0.3) is 0 Å². The third-order valence-electron chi connectivity index (χ3n) is 7.11. The van der Waals surface area contributed by atoms with Gasteiger partial charge in [0, 0.05) is 30.9 Å². The maximum absolute atomic E-state index is 13.2. The van der Waals surface area contributed by atoms with Crippen LogP contribution in [0.3, 0.4) is 0 Å². The average molecular weight is 467 g/mol. The van der Waals surface area contributed by atoms with E-state index in [1.54, 1.807) is 11.0 Å². The molecule has 0 spiro atoms. The lowest BCUT2D eigenvalue weighted by Gasteiger charge is -2.40. The molecule has 3 atom stereocenters. The van der Waals surface area contributed by atoms with Gasteiger partial charge in [0.1, 0.15) is 6.61 Å². The predicted octanol–water partition coefficient (Wildman–Crippen LogP) is 4.35. The number of nitrogens with one attached hydrogen (secondary N) is 1. The largest absolute Gasteiger partial charge is 0.458 e. The maximum Gasteiger partial charge on any atom is 0.338 e. The number of hydrogen-bond acceptors (Lipinski definition) is 5. The normalized spacial score (nSPS) is 22.5. The molecular weight excluding hydrogens is 424 g/mol. The van der Waals surface area contributed by atoms with Gasteiger partial charge in [0.05, 0.1) is 11.6 Å². The van der Waals surface area contributed by atoms with Gasteiger partial charge in [-0.05, 0) is 43.8 Å². The van der Waals surface area contributed by atoms with Crippen LogP contribution in [0.2, 0.25) is 18.1 Å². The lowest BCUT2D eigenvalue weighted by Crippen LogP contribution is -2.55. The van der Waals surface area contributed by atoms with Crippen molar-refractivity contribution in [1.29, 1.82) is 0 Å². The molecule has 7 nitrogen and oxygen atoms in total. The molecule has 182 valence electrons. The summed E-state index contributed by atoms with van der Waals surface area (Å²) in [6.07, 6.45) is 5.19. The number of aliphatic hydroxyl groups excluding tert-OH is 1. The van der Waals surface area contributed by atoms with E-state index in [4.69, 9.17) is 9.16 Å². The van der Waals surface area contributed by atoms with E-state index in [2.05, 4.69) is 52.7 Å². The van der Waals surface area contributed by atoms with Gasteiger partial charge >= 0.3 is 12.0 Å². The van der Waals surface area contributed by atoms with Gasteiger partial charge in [-0.25, -0.2) is 9.59 Å². The summed E-state index contributed by atoms with van der Waals surface area (Å²) in [7, 11) is -2.00. The molecule has 0 saturated carbocycles. The standard InChI is InChI=1S/C24H42N2O5Si/c1-8-10-17(16-31-32(6,7)24(3,4)5)21-20(22(28)30-15-9-2)19-12-11-18(13-14-27)26(19)23(29)25-21/h9,17-19,27H,2,8,10-16H2,1,3-7H3,(H,25,29)/t17-,18+,19-/m1/s1. The summed E-state index contributed by atoms with van der Waals surface area (Å²) in [6, 6.07) is -0.614. The number of carbonyl (C=O) groups excluding carboxylic acids is 2. The lowest BCUT2D eigenvalue weighted by molar-refractivity contribution is -0.138. The maximum atomic E-state index is 13.2. The van der Waals surface area contributed by atoms with Crippen molar-refractivity contribution in [3.05, 3.63) is 23.9 Å². The second-order valence-corrected chi connectivity index (χ2v) is 15.2. The van der Waals surface area contributed by atoms with E-state index in [-0.39, 0.29) is 42.3 Å². The molecular formula is C24H42N2O5Si. The fourth-order valence-corrected chi connectivity index (χ4v) is 5.35. The Morgan fingerprint density at radius 2 is 2.06 bits per heavy atom. The van der Waals surface area contributed by atoms with E-state index < -0.39 is 14.3 Å². The average Bonchev–Trinajstić information content (AvgIpc) is 3.12. The highest BCUT2D eigenvalue weighted by atomic mass is 28.4. The van der Waals surface area contributed by atoms with Crippen LogP contribution >= 0.6 is 0 Å². The minimum absolute atomic E-state index is 0.00674. The molecule has 0 aromatic heterocycles. The predicted molar refractivity (Wildman–Crippen MR) is 129 cm³/mol. The molecule has 0 bridgehead atoms. The zero-order chi connectivity index (χ0) is 24.1. The third kappa shape index (κ3) is 5.83. The molecule has 0 unspecified atom stereocenters. The van der Waals surface area contributed by atoms with Crippen molar-refractivity contribution in [3.63, 3.8) is 0 Å². The van der Waals surface area contributed by atoms with Crippen molar-refractivity contribution in [2.45, 2.75) is 90.0 Å². The number of nitrogens with zero attached hydrogens (tertiary/aromatic N) is 1. The zero-order valence-electron chi connectivity index (χ0n) is 20.7. The molecule has 2 rings (SSSR count). The van der Waals surface area contributed by atoms with Crippen molar-refractivity contribution in [2.24, 2.45) is 5.92 Å². The van der Waals surface area contributed by atoms with E-state index in [1.165, 1.54) is 0 Å². The Hall–Kier alpha value is -1.64. The summed E-state index contributed by atoms with van der Waals surface area (Å²) in [5.74, 6) is -0.503. The Balaban J connectivity index is 2.44. The van der Waals surface area contributed by atoms with Crippen LogP contribution in [0.25, 0.3) is 0 Å². The Kier molecular flexibility index (Phi) is 9.13. The van der Waals surface area contributed by atoms with Crippen LogP contribution in [0.5, 0.6) is 0 Å². The molecule has 2 amide bonds. The fourth-order valence-electron chi connectivity index (χ4n) is 4.30. The summed E-state index contributed by atoms with van der Waals surface area (Å²) >= 11 is 0. The Bertz CT molecular complexity index is 728. The number of amides is 2. The van der Waals surface area contributed by atoms with Crippen molar-refractivity contribution < 1.29 is 23.9 Å². The summed E-state index contributed by atoms with van der Waals surface area (Å²) < 4.78 is 12.0. The SMILES string of the molecule is C=CCOC(=O)C1=C([C@H](CCC)CO[Si](C)(C)C(C)(C)C)NC(=O)N2[C@H](CCO)CC[C@H]12. The number of urea groups is 1. The number of rotatable bonds is 11. The Labute approximate surface area is 194 Å². The molecule has 0 aromatic rings. The van der Waals surface area contributed by atoms with E-state index in [0.29, 0.717) is 30.7 Å². The summed E-state index contributed by atoms with van der Waals surface area (Å²) in [5, 5.41) is 12.5. The minimum atomic E-state index is -2.00. The van der Waals surface area contributed by atoms with Crippen LogP contribution in [-0.4, -0.2) is 62.2 Å². The summed E-state index contributed by atoms with van der Waals surface area (Å²) in [6.45, 7) is 17.3. The van der Waals surface area contributed by atoms with E-state index in [0.717, 1.165) is 19.3 Å². The number of fused-ring (bicyclic) bond motifs is 1. The van der Waals surface area contributed by atoms with Crippen molar-refractivity contribution in [3.8, 4) is 0 Å². The van der Waals surface area contributed by atoms with Crippen LogP contribution in [0.15, 0.2) is 23.9 Å². The van der Waals surface area contributed by atoms with Crippen molar-refractivity contribution in [2.75, 3.05) is 19.8 Å². The van der Waals surface area contributed by atoms with Gasteiger partial charge in [-0.1, -0.05) is 46.8 Å². The van der Waals surface area contributed by atoms with Crippen LogP contribution in [0.1, 0.15) is 59.8 Å². The highest BCUT2D eigenvalue weighted by molar-refractivity contribution is 6.74. The lowest BCUT2D eigenvalue weighted by atomic mass is 9.91.